The Morgan fingerprint density at radius 1 is 1.00 bits per heavy atom. The van der Waals surface area contributed by atoms with Crippen LogP contribution in [0.4, 0.5) is 5.69 Å². The molecular weight excluding hydrogens is 320 g/mol. The maximum absolute atomic E-state index is 12.3. The van der Waals surface area contributed by atoms with Crippen molar-refractivity contribution in [2.24, 2.45) is 0 Å². The van der Waals surface area contributed by atoms with E-state index in [0.29, 0.717) is 28.1 Å². The van der Waals surface area contributed by atoms with Crippen LogP contribution in [0.5, 0.6) is 5.75 Å². The first-order valence-electron chi connectivity index (χ1n) is 7.74. The van der Waals surface area contributed by atoms with Gasteiger partial charge in [0.15, 0.2) is 5.78 Å². The number of nitrogens with one attached hydrogen (secondary N) is 2. The van der Waals surface area contributed by atoms with E-state index in [1.807, 2.05) is 0 Å². The standard InChI is InChI=1S/C19H20N2O4/c1-12(22)14-6-9-17(25-3)15(10-14)11-18(23)21-16-7-4-13(5-8-16)19(24)20-2/h4-10H,11H2,1-3H3,(H,20,24)(H,21,23). The number of ether oxygens (including phenoxy) is 1. The number of ketones is 1. The summed E-state index contributed by atoms with van der Waals surface area (Å²) >= 11 is 0. The smallest absolute Gasteiger partial charge is 0.251 e. The molecule has 0 aliphatic rings. The molecule has 0 atom stereocenters. The predicted octanol–water partition coefficient (Wildman–Crippen LogP) is 2.44. The summed E-state index contributed by atoms with van der Waals surface area (Å²) in [6, 6.07) is 11.6. The van der Waals surface area contributed by atoms with Crippen molar-refractivity contribution in [3.63, 3.8) is 0 Å². The molecule has 6 nitrogen and oxygen atoms in total. The van der Waals surface area contributed by atoms with E-state index in [1.165, 1.54) is 14.0 Å². The topological polar surface area (TPSA) is 84.5 Å². The van der Waals surface area contributed by atoms with Crippen molar-refractivity contribution in [2.75, 3.05) is 19.5 Å². The van der Waals surface area contributed by atoms with Gasteiger partial charge in [0.2, 0.25) is 5.91 Å². The van der Waals surface area contributed by atoms with Gasteiger partial charge in [0, 0.05) is 29.4 Å². The van der Waals surface area contributed by atoms with Crippen LogP contribution in [0.15, 0.2) is 42.5 Å². The Kier molecular flexibility index (Phi) is 5.89. The van der Waals surface area contributed by atoms with Crippen molar-refractivity contribution in [3.05, 3.63) is 59.2 Å². The van der Waals surface area contributed by atoms with Crippen LogP contribution in [0.1, 0.15) is 33.2 Å². The summed E-state index contributed by atoms with van der Waals surface area (Å²) in [5.74, 6) is 0.0413. The quantitative estimate of drug-likeness (QED) is 0.791. The predicted molar refractivity (Wildman–Crippen MR) is 95.2 cm³/mol. The molecule has 0 aliphatic heterocycles. The van der Waals surface area contributed by atoms with E-state index in [-0.39, 0.29) is 24.0 Å². The van der Waals surface area contributed by atoms with Gasteiger partial charge in [-0.2, -0.15) is 0 Å². The molecule has 0 aliphatic carbocycles. The largest absolute Gasteiger partial charge is 0.496 e. The first kappa shape index (κ1) is 18.2. The third-order valence-corrected chi connectivity index (χ3v) is 3.70. The van der Waals surface area contributed by atoms with Crippen LogP contribution < -0.4 is 15.4 Å². The van der Waals surface area contributed by atoms with E-state index in [2.05, 4.69) is 10.6 Å². The van der Waals surface area contributed by atoms with E-state index < -0.39 is 0 Å². The highest BCUT2D eigenvalue weighted by Crippen LogP contribution is 2.21. The Bertz CT molecular complexity index is 798. The number of anilines is 1. The van der Waals surface area contributed by atoms with Crippen LogP contribution in [0, 0.1) is 0 Å². The van der Waals surface area contributed by atoms with Crippen LogP contribution in [0.2, 0.25) is 0 Å². The average molecular weight is 340 g/mol. The number of carbonyl (C=O) groups is 3. The van der Waals surface area contributed by atoms with Gasteiger partial charge in [-0.05, 0) is 49.4 Å². The highest BCUT2D eigenvalue weighted by molar-refractivity contribution is 5.97. The molecule has 0 spiro atoms. The van der Waals surface area contributed by atoms with Crippen molar-refractivity contribution >= 4 is 23.3 Å². The Morgan fingerprint density at radius 2 is 1.64 bits per heavy atom. The molecule has 0 unspecified atom stereocenters. The lowest BCUT2D eigenvalue weighted by Gasteiger charge is -2.11. The van der Waals surface area contributed by atoms with Crippen molar-refractivity contribution in [3.8, 4) is 5.75 Å². The highest BCUT2D eigenvalue weighted by Gasteiger charge is 2.12. The molecular formula is C19H20N2O4. The maximum Gasteiger partial charge on any atom is 0.251 e. The molecule has 130 valence electrons. The molecule has 0 fully saturated rings. The molecule has 0 heterocycles. The normalized spacial score (nSPS) is 10.0. The summed E-state index contributed by atoms with van der Waals surface area (Å²) in [4.78, 5) is 35.3. The van der Waals surface area contributed by atoms with Crippen LogP contribution in [0.25, 0.3) is 0 Å². The van der Waals surface area contributed by atoms with E-state index in [4.69, 9.17) is 4.74 Å². The fraction of sp³-hybridized carbons (Fsp3) is 0.211. The summed E-state index contributed by atoms with van der Waals surface area (Å²) in [7, 11) is 3.07. The number of carbonyl (C=O) groups excluding carboxylic acids is 3. The molecule has 2 amide bonds. The zero-order valence-corrected chi connectivity index (χ0v) is 14.4. The Balaban J connectivity index is 2.10. The summed E-state index contributed by atoms with van der Waals surface area (Å²) in [5, 5.41) is 5.30. The molecule has 0 saturated heterocycles. The number of Topliss-reactive ketones (excluding diaryl/α,β-unsaturated/α-hetero) is 1. The molecule has 0 saturated carbocycles. The lowest BCUT2D eigenvalue weighted by molar-refractivity contribution is -0.115. The maximum atomic E-state index is 12.3. The van der Waals surface area contributed by atoms with Crippen LogP contribution >= 0.6 is 0 Å². The van der Waals surface area contributed by atoms with E-state index >= 15 is 0 Å². The van der Waals surface area contributed by atoms with Gasteiger partial charge in [-0.15, -0.1) is 0 Å². The van der Waals surface area contributed by atoms with Gasteiger partial charge in [0.25, 0.3) is 5.91 Å². The van der Waals surface area contributed by atoms with Gasteiger partial charge >= 0.3 is 0 Å². The second-order valence-corrected chi connectivity index (χ2v) is 5.46. The number of benzene rings is 2. The second kappa shape index (κ2) is 8.10. The minimum absolute atomic E-state index is 0.0709. The summed E-state index contributed by atoms with van der Waals surface area (Å²) in [5.41, 5.74) is 2.25. The van der Waals surface area contributed by atoms with Gasteiger partial charge < -0.3 is 15.4 Å². The van der Waals surface area contributed by atoms with Gasteiger partial charge in [-0.3, -0.25) is 14.4 Å². The van der Waals surface area contributed by atoms with Crippen molar-refractivity contribution in [1.29, 1.82) is 0 Å². The van der Waals surface area contributed by atoms with Crippen molar-refractivity contribution in [2.45, 2.75) is 13.3 Å². The van der Waals surface area contributed by atoms with Gasteiger partial charge in [-0.1, -0.05) is 0 Å². The van der Waals surface area contributed by atoms with E-state index in [0.717, 1.165) is 0 Å². The average Bonchev–Trinajstić information content (AvgIpc) is 2.61. The monoisotopic (exact) mass is 340 g/mol. The first-order chi connectivity index (χ1) is 11.9. The molecule has 2 aromatic rings. The lowest BCUT2D eigenvalue weighted by atomic mass is 10.0. The lowest BCUT2D eigenvalue weighted by Crippen LogP contribution is -2.18. The molecule has 0 bridgehead atoms. The third kappa shape index (κ3) is 4.67. The highest BCUT2D eigenvalue weighted by atomic mass is 16.5. The molecule has 6 heteroatoms. The molecule has 0 radical (unpaired) electrons. The van der Waals surface area contributed by atoms with Gasteiger partial charge in [0.1, 0.15) is 5.75 Å². The molecule has 2 aromatic carbocycles. The fourth-order valence-corrected chi connectivity index (χ4v) is 2.36. The minimum Gasteiger partial charge on any atom is -0.496 e. The molecule has 2 rings (SSSR count). The molecule has 0 aromatic heterocycles. The minimum atomic E-state index is -0.244. The Labute approximate surface area is 146 Å². The summed E-state index contributed by atoms with van der Waals surface area (Å²) in [6.07, 6.45) is 0.0709. The van der Waals surface area contributed by atoms with E-state index in [9.17, 15) is 14.4 Å². The first-order valence-corrected chi connectivity index (χ1v) is 7.74. The van der Waals surface area contributed by atoms with Crippen LogP contribution in [-0.2, 0) is 11.2 Å². The number of methoxy groups -OCH3 is 1. The zero-order valence-electron chi connectivity index (χ0n) is 14.4. The van der Waals surface area contributed by atoms with Gasteiger partial charge in [0.05, 0.1) is 13.5 Å². The summed E-state index contributed by atoms with van der Waals surface area (Å²) < 4.78 is 5.25. The Hall–Kier alpha value is -3.15. The van der Waals surface area contributed by atoms with Crippen LogP contribution in [0.3, 0.4) is 0 Å². The number of hydrogen-bond acceptors (Lipinski definition) is 4. The number of hydrogen-bond donors (Lipinski definition) is 2. The molecule has 2 N–H and O–H groups in total. The SMILES string of the molecule is CNC(=O)c1ccc(NC(=O)Cc2cc(C(C)=O)ccc2OC)cc1. The van der Waals surface area contributed by atoms with Gasteiger partial charge in [-0.25, -0.2) is 0 Å². The fourth-order valence-electron chi connectivity index (χ4n) is 2.36. The number of amides is 2. The zero-order chi connectivity index (χ0) is 18.4. The van der Waals surface area contributed by atoms with Crippen LogP contribution in [-0.4, -0.2) is 31.8 Å². The van der Waals surface area contributed by atoms with E-state index in [1.54, 1.807) is 49.5 Å². The molecule has 25 heavy (non-hydrogen) atoms. The third-order valence-electron chi connectivity index (χ3n) is 3.70. The summed E-state index contributed by atoms with van der Waals surface area (Å²) in [6.45, 7) is 1.47. The Morgan fingerprint density at radius 3 is 2.20 bits per heavy atom. The van der Waals surface area contributed by atoms with Crippen molar-refractivity contribution in [1.82, 2.24) is 5.32 Å². The number of rotatable bonds is 6. The van der Waals surface area contributed by atoms with Crippen molar-refractivity contribution < 1.29 is 19.1 Å². The second-order valence-electron chi connectivity index (χ2n) is 5.46.